The van der Waals surface area contributed by atoms with E-state index in [4.69, 9.17) is 9.47 Å². The number of hydrogen-bond donors (Lipinski definition) is 2. The van der Waals surface area contributed by atoms with E-state index >= 15 is 0 Å². The third kappa shape index (κ3) is 9.04. The number of aliphatic hydroxyl groups is 1. The van der Waals surface area contributed by atoms with Gasteiger partial charge in [-0.3, -0.25) is 14.5 Å². The number of carbonyl (C=O) groups excluding carboxylic acids is 2. The van der Waals surface area contributed by atoms with Crippen molar-refractivity contribution < 1.29 is 37.3 Å². The molecule has 0 bridgehead atoms. The summed E-state index contributed by atoms with van der Waals surface area (Å²) in [6.45, 7) is 3.86. The first-order valence-corrected chi connectivity index (χ1v) is 17.2. The molecule has 2 aliphatic heterocycles. The Bertz CT molecular complexity index is 1720. The SMILES string of the molecule is C[C@@H]1[C@H](CN(Cc2ccccc2)Cc2ccccc2)O[C@H](c2cccc(NC(=O)[C@@H]3CCCN3C(=O)C(F)(F)F)c2)O[C@@H]1c1ccc(CO)cc1. The van der Waals surface area contributed by atoms with E-state index in [0.717, 1.165) is 11.1 Å². The first kappa shape index (κ1) is 36.2. The van der Waals surface area contributed by atoms with E-state index in [9.17, 15) is 27.9 Å². The fraction of sp³-hybridized carbons (Fsp3) is 0.350. The molecular weight excluding hydrogens is 659 g/mol. The molecule has 2 heterocycles. The Morgan fingerprint density at radius 2 is 1.49 bits per heavy atom. The Morgan fingerprint density at radius 3 is 2.10 bits per heavy atom. The number of rotatable bonds is 11. The second-order valence-electron chi connectivity index (χ2n) is 13.2. The highest BCUT2D eigenvalue weighted by Crippen LogP contribution is 2.42. The van der Waals surface area contributed by atoms with Crippen LogP contribution in [-0.4, -0.2) is 58.1 Å². The van der Waals surface area contributed by atoms with Gasteiger partial charge in [0.15, 0.2) is 6.29 Å². The molecule has 2 N–H and O–H groups in total. The number of alkyl halides is 3. The van der Waals surface area contributed by atoms with Crippen molar-refractivity contribution in [3.05, 3.63) is 137 Å². The van der Waals surface area contributed by atoms with Gasteiger partial charge in [-0.15, -0.1) is 0 Å². The third-order valence-electron chi connectivity index (χ3n) is 9.54. The number of anilines is 1. The zero-order valence-electron chi connectivity index (χ0n) is 28.3. The van der Waals surface area contributed by atoms with Crippen molar-refractivity contribution in [1.29, 1.82) is 0 Å². The van der Waals surface area contributed by atoms with E-state index in [1.54, 1.807) is 18.2 Å². The zero-order valence-corrected chi connectivity index (χ0v) is 28.3. The zero-order chi connectivity index (χ0) is 36.0. The Morgan fingerprint density at radius 1 is 0.843 bits per heavy atom. The topological polar surface area (TPSA) is 91.3 Å². The number of carbonyl (C=O) groups is 2. The molecule has 0 saturated carbocycles. The summed E-state index contributed by atoms with van der Waals surface area (Å²) in [5, 5.41) is 12.4. The van der Waals surface area contributed by atoms with Crippen molar-refractivity contribution in [3.8, 4) is 0 Å². The molecule has 268 valence electrons. The predicted octanol–water partition coefficient (Wildman–Crippen LogP) is 7.16. The Hall–Kier alpha value is -4.55. The molecule has 51 heavy (non-hydrogen) atoms. The lowest BCUT2D eigenvalue weighted by molar-refractivity contribution is -0.276. The van der Waals surface area contributed by atoms with Gasteiger partial charge in [0, 0.05) is 43.3 Å². The number of benzene rings is 4. The number of amides is 2. The van der Waals surface area contributed by atoms with E-state index in [1.165, 1.54) is 11.1 Å². The molecule has 4 aromatic rings. The van der Waals surface area contributed by atoms with Crippen LogP contribution in [0.15, 0.2) is 109 Å². The largest absolute Gasteiger partial charge is 0.471 e. The van der Waals surface area contributed by atoms with Crippen LogP contribution in [0.5, 0.6) is 0 Å². The van der Waals surface area contributed by atoms with Crippen LogP contribution in [0.4, 0.5) is 18.9 Å². The summed E-state index contributed by atoms with van der Waals surface area (Å²) in [5.41, 5.74) is 5.02. The number of nitrogens with one attached hydrogen (secondary N) is 1. The van der Waals surface area contributed by atoms with Gasteiger partial charge in [0.2, 0.25) is 5.91 Å². The molecule has 2 aliphatic rings. The van der Waals surface area contributed by atoms with Gasteiger partial charge in [0.05, 0.1) is 18.8 Å². The molecule has 0 radical (unpaired) electrons. The van der Waals surface area contributed by atoms with Crippen LogP contribution in [0.3, 0.4) is 0 Å². The maximum Gasteiger partial charge on any atom is 0.471 e. The van der Waals surface area contributed by atoms with Crippen molar-refractivity contribution in [2.24, 2.45) is 5.92 Å². The summed E-state index contributed by atoms with van der Waals surface area (Å²) in [4.78, 5) is 28.1. The molecule has 0 spiro atoms. The molecular formula is C40H42F3N3O5. The van der Waals surface area contributed by atoms with E-state index < -0.39 is 30.3 Å². The third-order valence-corrected chi connectivity index (χ3v) is 9.54. The van der Waals surface area contributed by atoms with Crippen molar-refractivity contribution >= 4 is 17.5 Å². The minimum atomic E-state index is -5.06. The first-order chi connectivity index (χ1) is 24.6. The lowest BCUT2D eigenvalue weighted by atomic mass is 9.89. The average molecular weight is 702 g/mol. The fourth-order valence-corrected chi connectivity index (χ4v) is 6.88. The maximum atomic E-state index is 13.2. The van der Waals surface area contributed by atoms with Gasteiger partial charge in [-0.2, -0.15) is 13.2 Å². The number of likely N-dealkylation sites (tertiary alicyclic amines) is 1. The van der Waals surface area contributed by atoms with Crippen LogP contribution < -0.4 is 5.32 Å². The predicted molar refractivity (Wildman–Crippen MR) is 186 cm³/mol. The van der Waals surface area contributed by atoms with E-state index in [1.807, 2.05) is 66.7 Å². The van der Waals surface area contributed by atoms with Crippen LogP contribution >= 0.6 is 0 Å². The molecule has 6 rings (SSSR count). The molecule has 0 aliphatic carbocycles. The number of halogens is 3. The lowest BCUT2D eigenvalue weighted by Gasteiger charge is -2.43. The Kier molecular flexibility index (Phi) is 11.5. The van der Waals surface area contributed by atoms with Gasteiger partial charge in [0.1, 0.15) is 6.04 Å². The number of aliphatic hydroxyl groups excluding tert-OH is 1. The quantitative estimate of drug-likeness (QED) is 0.173. The summed E-state index contributed by atoms with van der Waals surface area (Å²) >= 11 is 0. The first-order valence-electron chi connectivity index (χ1n) is 17.2. The van der Waals surface area contributed by atoms with Crippen LogP contribution in [0.2, 0.25) is 0 Å². The second kappa shape index (κ2) is 16.2. The summed E-state index contributed by atoms with van der Waals surface area (Å²) in [7, 11) is 0. The van der Waals surface area contributed by atoms with Gasteiger partial charge in [-0.05, 0) is 47.2 Å². The van der Waals surface area contributed by atoms with Crippen LogP contribution in [0.1, 0.15) is 60.0 Å². The van der Waals surface area contributed by atoms with Crippen LogP contribution in [0, 0.1) is 5.92 Å². The number of nitrogens with zero attached hydrogens (tertiary/aromatic N) is 2. The summed E-state index contributed by atoms with van der Waals surface area (Å²) in [5.74, 6) is -2.78. The molecule has 2 saturated heterocycles. The molecule has 2 amide bonds. The molecule has 5 atom stereocenters. The minimum Gasteiger partial charge on any atom is -0.392 e. The fourth-order valence-electron chi connectivity index (χ4n) is 6.88. The van der Waals surface area contributed by atoms with Gasteiger partial charge < -0.3 is 24.8 Å². The Balaban J connectivity index is 1.26. The lowest BCUT2D eigenvalue weighted by Crippen LogP contribution is -2.48. The summed E-state index contributed by atoms with van der Waals surface area (Å²) in [6, 6.07) is 33.8. The molecule has 2 fully saturated rings. The van der Waals surface area contributed by atoms with Crippen molar-refractivity contribution in [3.63, 3.8) is 0 Å². The van der Waals surface area contributed by atoms with Crippen molar-refractivity contribution in [2.45, 2.75) is 70.2 Å². The summed E-state index contributed by atoms with van der Waals surface area (Å²) < 4.78 is 53.0. The van der Waals surface area contributed by atoms with Gasteiger partial charge in [-0.1, -0.05) is 104 Å². The highest BCUT2D eigenvalue weighted by atomic mass is 19.4. The summed E-state index contributed by atoms with van der Waals surface area (Å²) in [6.07, 6.45) is -6.13. The highest BCUT2D eigenvalue weighted by molar-refractivity contribution is 5.98. The van der Waals surface area contributed by atoms with Crippen molar-refractivity contribution in [2.75, 3.05) is 18.4 Å². The second-order valence-corrected chi connectivity index (χ2v) is 13.2. The molecule has 8 nitrogen and oxygen atoms in total. The standard InChI is InChI=1S/C40H42F3N3O5/c1-27-35(25-45(23-28-10-4-2-5-11-28)24-29-12-6-3-7-13-29)50-38(51-36(27)31-19-17-30(26-47)18-20-31)32-14-8-15-33(22-32)44-37(48)34-16-9-21-46(34)39(49)40(41,42)43/h2-8,10-15,17-20,22,27,34-36,38,47H,9,16,21,23-26H2,1H3,(H,44,48)/t27-,34+,35+,36+,38+/m1/s1. The molecule has 0 unspecified atom stereocenters. The van der Waals surface area contributed by atoms with Gasteiger partial charge in [-0.25, -0.2) is 0 Å². The molecule has 11 heteroatoms. The van der Waals surface area contributed by atoms with Gasteiger partial charge in [0.25, 0.3) is 0 Å². The van der Waals surface area contributed by atoms with Crippen LogP contribution in [0.25, 0.3) is 0 Å². The smallest absolute Gasteiger partial charge is 0.392 e. The number of hydrogen-bond acceptors (Lipinski definition) is 6. The van der Waals surface area contributed by atoms with Crippen molar-refractivity contribution in [1.82, 2.24) is 9.80 Å². The Labute approximate surface area is 295 Å². The van der Waals surface area contributed by atoms with Gasteiger partial charge >= 0.3 is 12.1 Å². The van der Waals surface area contributed by atoms with E-state index in [2.05, 4.69) is 41.4 Å². The number of ether oxygens (including phenoxy) is 2. The minimum absolute atomic E-state index is 0.0782. The maximum absolute atomic E-state index is 13.2. The highest BCUT2D eigenvalue weighted by Gasteiger charge is 2.47. The molecule has 0 aromatic heterocycles. The molecule has 4 aromatic carbocycles. The van der Waals surface area contributed by atoms with Crippen LogP contribution in [-0.2, 0) is 38.8 Å². The monoisotopic (exact) mass is 701 g/mol. The average Bonchev–Trinajstić information content (AvgIpc) is 3.63. The van der Waals surface area contributed by atoms with E-state index in [-0.39, 0.29) is 37.7 Å². The normalized spacial score (nSPS) is 22.2. The van der Waals surface area contributed by atoms with E-state index in [0.29, 0.717) is 42.2 Å².